The highest BCUT2D eigenvalue weighted by atomic mass is 35.5. The highest BCUT2D eigenvalue weighted by molar-refractivity contribution is 6.17. The van der Waals surface area contributed by atoms with Gasteiger partial charge in [0, 0.05) is 11.6 Å². The molecule has 0 bridgehead atoms. The van der Waals surface area contributed by atoms with Gasteiger partial charge in [0.1, 0.15) is 5.82 Å². The molecule has 0 saturated heterocycles. The fourth-order valence-corrected chi connectivity index (χ4v) is 1.33. The van der Waals surface area contributed by atoms with Crippen LogP contribution in [0.15, 0.2) is 6.07 Å². The lowest BCUT2D eigenvalue weighted by atomic mass is 10.2. The molecule has 0 fully saturated rings. The van der Waals surface area contributed by atoms with Crippen LogP contribution in [0.1, 0.15) is 5.56 Å². The van der Waals surface area contributed by atoms with E-state index in [2.05, 4.69) is 0 Å². The molecule has 0 aliphatic carbocycles. The predicted molar refractivity (Wildman–Crippen MR) is 49.0 cm³/mol. The van der Waals surface area contributed by atoms with Crippen LogP contribution in [-0.2, 0) is 5.88 Å². The summed E-state index contributed by atoms with van der Waals surface area (Å²) in [6, 6.07) is 1.04. The van der Waals surface area contributed by atoms with Crippen LogP contribution in [0.3, 0.4) is 0 Å². The van der Waals surface area contributed by atoms with Crippen molar-refractivity contribution in [2.45, 2.75) is 5.88 Å². The van der Waals surface area contributed by atoms with Crippen LogP contribution in [0, 0.1) is 11.6 Å². The zero-order valence-electron chi connectivity index (χ0n) is 7.73. The summed E-state index contributed by atoms with van der Waals surface area (Å²) in [6.07, 6.45) is 0. The van der Waals surface area contributed by atoms with Gasteiger partial charge in [-0.15, -0.1) is 11.6 Å². The maximum atomic E-state index is 13.5. The SMILES string of the molecule is COc1cc(F)c(CCl)c(F)c1OC. The molecule has 2 nitrogen and oxygen atoms in total. The molecule has 0 aliphatic heterocycles. The van der Waals surface area contributed by atoms with E-state index in [4.69, 9.17) is 21.1 Å². The maximum absolute atomic E-state index is 13.5. The molecule has 5 heteroatoms. The van der Waals surface area contributed by atoms with Crippen LogP contribution in [0.25, 0.3) is 0 Å². The Bertz CT molecular complexity index is 342. The summed E-state index contributed by atoms with van der Waals surface area (Å²) in [6.45, 7) is 0. The van der Waals surface area contributed by atoms with Gasteiger partial charge in [-0.2, -0.15) is 0 Å². The van der Waals surface area contributed by atoms with E-state index >= 15 is 0 Å². The molecule has 1 aromatic rings. The third-order valence-electron chi connectivity index (χ3n) is 1.79. The molecule has 0 spiro atoms. The number of ether oxygens (including phenoxy) is 2. The maximum Gasteiger partial charge on any atom is 0.197 e. The highest BCUT2D eigenvalue weighted by Crippen LogP contribution is 2.34. The summed E-state index contributed by atoms with van der Waals surface area (Å²) in [7, 11) is 2.58. The summed E-state index contributed by atoms with van der Waals surface area (Å²) >= 11 is 5.39. The van der Waals surface area contributed by atoms with Gasteiger partial charge in [-0.3, -0.25) is 0 Å². The molecule has 0 saturated carbocycles. The van der Waals surface area contributed by atoms with Crippen molar-refractivity contribution in [2.75, 3.05) is 14.2 Å². The molecule has 78 valence electrons. The first kappa shape index (κ1) is 11.0. The van der Waals surface area contributed by atoms with E-state index in [1.807, 2.05) is 0 Å². The van der Waals surface area contributed by atoms with Crippen LogP contribution >= 0.6 is 11.6 Å². The van der Waals surface area contributed by atoms with Crippen LogP contribution in [0.4, 0.5) is 8.78 Å². The molecule has 0 atom stereocenters. The van der Waals surface area contributed by atoms with E-state index in [0.717, 1.165) is 6.07 Å². The number of halogens is 3. The van der Waals surface area contributed by atoms with Crippen molar-refractivity contribution in [1.29, 1.82) is 0 Å². The molecular formula is C9H9ClF2O2. The number of alkyl halides is 1. The van der Waals surface area contributed by atoms with Gasteiger partial charge in [0.2, 0.25) is 0 Å². The van der Waals surface area contributed by atoms with Crippen LogP contribution in [0.2, 0.25) is 0 Å². The fourth-order valence-electron chi connectivity index (χ4n) is 1.08. The van der Waals surface area contributed by atoms with E-state index in [1.165, 1.54) is 14.2 Å². The highest BCUT2D eigenvalue weighted by Gasteiger charge is 2.18. The number of methoxy groups -OCH3 is 2. The monoisotopic (exact) mass is 222 g/mol. The normalized spacial score (nSPS) is 10.1. The molecule has 0 N–H and O–H groups in total. The van der Waals surface area contributed by atoms with Crippen molar-refractivity contribution in [2.24, 2.45) is 0 Å². The van der Waals surface area contributed by atoms with E-state index in [-0.39, 0.29) is 22.9 Å². The topological polar surface area (TPSA) is 18.5 Å². The van der Waals surface area contributed by atoms with Gasteiger partial charge >= 0.3 is 0 Å². The fraction of sp³-hybridized carbons (Fsp3) is 0.333. The quantitative estimate of drug-likeness (QED) is 0.733. The van der Waals surface area contributed by atoms with E-state index in [0.29, 0.717) is 0 Å². The average molecular weight is 223 g/mol. The number of benzene rings is 1. The second-order valence-corrected chi connectivity index (χ2v) is 2.79. The summed E-state index contributed by atoms with van der Waals surface area (Å²) in [4.78, 5) is 0. The van der Waals surface area contributed by atoms with Gasteiger partial charge in [-0.1, -0.05) is 0 Å². The standard InChI is InChI=1S/C9H9ClF2O2/c1-13-7-3-6(11)5(4-10)8(12)9(7)14-2/h3H,4H2,1-2H3. The smallest absolute Gasteiger partial charge is 0.197 e. The van der Waals surface area contributed by atoms with Gasteiger partial charge in [-0.05, 0) is 0 Å². The van der Waals surface area contributed by atoms with Crippen LogP contribution < -0.4 is 9.47 Å². The van der Waals surface area contributed by atoms with Gasteiger partial charge in [-0.25, -0.2) is 8.78 Å². The second kappa shape index (κ2) is 4.46. The zero-order chi connectivity index (χ0) is 10.7. The number of rotatable bonds is 3. The Kier molecular flexibility index (Phi) is 3.52. The van der Waals surface area contributed by atoms with Crippen molar-refractivity contribution in [3.63, 3.8) is 0 Å². The minimum Gasteiger partial charge on any atom is -0.493 e. The average Bonchev–Trinajstić information content (AvgIpc) is 2.17. The number of hydrogen-bond donors (Lipinski definition) is 0. The molecule has 0 radical (unpaired) electrons. The Hall–Kier alpha value is -1.03. The van der Waals surface area contributed by atoms with E-state index in [1.54, 1.807) is 0 Å². The molecule has 1 rings (SSSR count). The molecule has 0 heterocycles. The molecule has 0 aliphatic rings. The van der Waals surface area contributed by atoms with Gasteiger partial charge in [0.25, 0.3) is 0 Å². The molecule has 0 aromatic heterocycles. The molecular weight excluding hydrogens is 214 g/mol. The van der Waals surface area contributed by atoms with Crippen molar-refractivity contribution in [3.8, 4) is 11.5 Å². The Labute approximate surface area is 85.4 Å². The summed E-state index contributed by atoms with van der Waals surface area (Å²) in [5.41, 5.74) is -0.218. The third-order valence-corrected chi connectivity index (χ3v) is 2.06. The Morgan fingerprint density at radius 1 is 1.29 bits per heavy atom. The van der Waals surface area contributed by atoms with Gasteiger partial charge in [0.15, 0.2) is 17.3 Å². The van der Waals surface area contributed by atoms with Crippen LogP contribution in [0.5, 0.6) is 11.5 Å². The third kappa shape index (κ3) is 1.75. The minimum atomic E-state index is -0.820. The second-order valence-electron chi connectivity index (χ2n) is 2.52. The first-order valence-electron chi connectivity index (χ1n) is 3.80. The van der Waals surface area contributed by atoms with E-state index in [9.17, 15) is 8.78 Å². The summed E-state index contributed by atoms with van der Waals surface area (Å²) in [5.74, 6) is -1.94. The predicted octanol–water partition coefficient (Wildman–Crippen LogP) is 2.72. The summed E-state index contributed by atoms with van der Waals surface area (Å²) < 4.78 is 36.1. The zero-order valence-corrected chi connectivity index (χ0v) is 8.49. The Morgan fingerprint density at radius 3 is 2.36 bits per heavy atom. The first-order valence-corrected chi connectivity index (χ1v) is 4.34. The molecule has 0 amide bonds. The van der Waals surface area contributed by atoms with Crippen molar-refractivity contribution >= 4 is 11.6 Å². The molecule has 1 aromatic carbocycles. The first-order chi connectivity index (χ1) is 6.65. The minimum absolute atomic E-state index is 0.0105. The van der Waals surface area contributed by atoms with E-state index < -0.39 is 11.6 Å². The van der Waals surface area contributed by atoms with Gasteiger partial charge in [0.05, 0.1) is 20.1 Å². The van der Waals surface area contributed by atoms with Gasteiger partial charge < -0.3 is 9.47 Å². The largest absolute Gasteiger partial charge is 0.493 e. The van der Waals surface area contributed by atoms with Crippen molar-refractivity contribution in [3.05, 3.63) is 23.3 Å². The summed E-state index contributed by atoms with van der Waals surface area (Å²) in [5, 5.41) is 0. The van der Waals surface area contributed by atoms with Crippen molar-refractivity contribution in [1.82, 2.24) is 0 Å². The Balaban J connectivity index is 3.39. The lowest BCUT2D eigenvalue weighted by Crippen LogP contribution is -2.00. The Morgan fingerprint density at radius 2 is 1.93 bits per heavy atom. The molecule has 14 heavy (non-hydrogen) atoms. The lowest BCUT2D eigenvalue weighted by molar-refractivity contribution is 0.332. The molecule has 0 unspecified atom stereocenters. The van der Waals surface area contributed by atoms with Crippen molar-refractivity contribution < 1.29 is 18.3 Å². The van der Waals surface area contributed by atoms with Crippen LogP contribution in [-0.4, -0.2) is 14.2 Å². The lowest BCUT2D eigenvalue weighted by Gasteiger charge is -2.11. The number of hydrogen-bond acceptors (Lipinski definition) is 2.